The Labute approximate surface area is 198 Å². The Morgan fingerprint density at radius 3 is 2.56 bits per heavy atom. The third-order valence-corrected chi connectivity index (χ3v) is 6.37. The smallest absolute Gasteiger partial charge is 0.263 e. The van der Waals surface area contributed by atoms with Crippen LogP contribution in [0.25, 0.3) is 22.4 Å². The normalized spacial score (nSPS) is 14.3. The van der Waals surface area contributed by atoms with Crippen LogP contribution in [0.1, 0.15) is 18.4 Å². The maximum absolute atomic E-state index is 13.4. The molecule has 0 saturated carbocycles. The van der Waals surface area contributed by atoms with Crippen molar-refractivity contribution in [3.63, 3.8) is 0 Å². The first-order valence-electron chi connectivity index (χ1n) is 11.6. The van der Waals surface area contributed by atoms with Crippen molar-refractivity contribution >= 4 is 28.5 Å². The molecule has 0 spiro atoms. The van der Waals surface area contributed by atoms with Gasteiger partial charge in [0.15, 0.2) is 0 Å². The van der Waals surface area contributed by atoms with Crippen LogP contribution in [0.15, 0.2) is 78.1 Å². The highest BCUT2D eigenvalue weighted by atomic mass is 16.5. The third kappa shape index (κ3) is 4.17. The number of aromatic nitrogens is 3. The number of anilines is 2. The van der Waals surface area contributed by atoms with Crippen LogP contribution in [0.2, 0.25) is 0 Å². The average molecular weight is 454 g/mol. The van der Waals surface area contributed by atoms with Crippen LogP contribution in [0.5, 0.6) is 0 Å². The van der Waals surface area contributed by atoms with E-state index in [1.807, 2.05) is 47.4 Å². The monoisotopic (exact) mass is 453 g/mol. The van der Waals surface area contributed by atoms with E-state index in [2.05, 4.69) is 45.7 Å². The second-order valence-electron chi connectivity index (χ2n) is 8.61. The Kier molecular flexibility index (Phi) is 6.08. The SMILES string of the molecule is C=CCN(C(=O)C1CCN(c2ncnc3onc(-c4ccc(C)cc4)c23)CC1)c1ccccc1. The van der Waals surface area contributed by atoms with Gasteiger partial charge in [0.1, 0.15) is 23.2 Å². The van der Waals surface area contributed by atoms with Crippen molar-refractivity contribution in [2.45, 2.75) is 19.8 Å². The number of benzene rings is 2. The number of amides is 1. The van der Waals surface area contributed by atoms with Gasteiger partial charge in [-0.2, -0.15) is 4.98 Å². The van der Waals surface area contributed by atoms with Gasteiger partial charge in [-0.05, 0) is 31.9 Å². The largest absolute Gasteiger partial charge is 0.356 e. The molecular formula is C27H27N5O2. The first kappa shape index (κ1) is 21.8. The fourth-order valence-electron chi connectivity index (χ4n) is 4.54. The number of piperidine rings is 1. The predicted molar refractivity (Wildman–Crippen MR) is 134 cm³/mol. The summed E-state index contributed by atoms with van der Waals surface area (Å²) >= 11 is 0. The average Bonchev–Trinajstić information content (AvgIpc) is 3.32. The molecule has 0 atom stereocenters. The van der Waals surface area contributed by atoms with E-state index in [0.717, 1.165) is 54.1 Å². The van der Waals surface area contributed by atoms with Gasteiger partial charge in [0.25, 0.3) is 5.71 Å². The minimum Gasteiger partial charge on any atom is -0.356 e. The molecule has 2 aromatic carbocycles. The summed E-state index contributed by atoms with van der Waals surface area (Å²) in [6.07, 6.45) is 4.78. The molecular weight excluding hydrogens is 426 g/mol. The van der Waals surface area contributed by atoms with Crippen LogP contribution < -0.4 is 9.80 Å². The number of para-hydroxylation sites is 1. The fraction of sp³-hybridized carbons (Fsp3) is 0.259. The highest BCUT2D eigenvalue weighted by molar-refractivity contribution is 5.98. The lowest BCUT2D eigenvalue weighted by Gasteiger charge is -2.34. The zero-order valence-corrected chi connectivity index (χ0v) is 19.2. The van der Waals surface area contributed by atoms with Gasteiger partial charge in [-0.1, -0.05) is 59.3 Å². The van der Waals surface area contributed by atoms with Gasteiger partial charge >= 0.3 is 0 Å². The summed E-state index contributed by atoms with van der Waals surface area (Å²) in [6.45, 7) is 7.83. The van der Waals surface area contributed by atoms with E-state index in [1.54, 1.807) is 6.08 Å². The minimum absolute atomic E-state index is 0.0484. The maximum Gasteiger partial charge on any atom is 0.263 e. The number of aryl methyl sites for hydroxylation is 1. The van der Waals surface area contributed by atoms with E-state index in [4.69, 9.17) is 4.52 Å². The minimum atomic E-state index is -0.0484. The standard InChI is InChI=1S/C27H27N5O2/c1-3-15-32(22-7-5-4-6-8-22)27(33)21-13-16-31(17-14-21)25-23-24(20-11-9-19(2)10-12-20)30-34-26(23)29-18-28-25/h3-12,18,21H,1,13-17H2,2H3. The Bertz CT molecular complexity index is 1290. The summed E-state index contributed by atoms with van der Waals surface area (Å²) in [7, 11) is 0. The third-order valence-electron chi connectivity index (χ3n) is 6.37. The number of carbonyl (C=O) groups is 1. The summed E-state index contributed by atoms with van der Waals surface area (Å²) in [5.74, 6) is 0.899. The Balaban J connectivity index is 1.37. The molecule has 1 fully saturated rings. The van der Waals surface area contributed by atoms with Crippen LogP contribution >= 0.6 is 0 Å². The fourth-order valence-corrected chi connectivity index (χ4v) is 4.54. The summed E-state index contributed by atoms with van der Waals surface area (Å²) in [5.41, 5.74) is 4.26. The number of carbonyl (C=O) groups excluding carboxylic acids is 1. The first-order chi connectivity index (χ1) is 16.7. The molecule has 1 saturated heterocycles. The lowest BCUT2D eigenvalue weighted by Crippen LogP contribution is -2.43. The maximum atomic E-state index is 13.4. The van der Waals surface area contributed by atoms with Crippen LogP contribution in [0.3, 0.4) is 0 Å². The molecule has 0 bridgehead atoms. The van der Waals surface area contributed by atoms with Crippen molar-refractivity contribution in [2.75, 3.05) is 29.4 Å². The zero-order valence-electron chi connectivity index (χ0n) is 19.2. The lowest BCUT2D eigenvalue weighted by atomic mass is 9.94. The van der Waals surface area contributed by atoms with Crippen molar-refractivity contribution in [1.82, 2.24) is 15.1 Å². The summed E-state index contributed by atoms with van der Waals surface area (Å²) < 4.78 is 5.53. The molecule has 2 aromatic heterocycles. The van der Waals surface area contributed by atoms with Gasteiger partial charge in [-0.25, -0.2) is 4.98 Å². The van der Waals surface area contributed by atoms with Gasteiger partial charge in [0, 0.05) is 36.8 Å². The van der Waals surface area contributed by atoms with E-state index in [1.165, 1.54) is 11.9 Å². The topological polar surface area (TPSA) is 75.4 Å². The van der Waals surface area contributed by atoms with Gasteiger partial charge in [-0.15, -0.1) is 6.58 Å². The number of rotatable bonds is 6. The van der Waals surface area contributed by atoms with Crippen LogP contribution in [0, 0.1) is 12.8 Å². The second kappa shape index (κ2) is 9.47. The van der Waals surface area contributed by atoms with Gasteiger partial charge in [-0.3, -0.25) is 4.79 Å². The van der Waals surface area contributed by atoms with E-state index >= 15 is 0 Å². The van der Waals surface area contributed by atoms with Crippen molar-refractivity contribution in [1.29, 1.82) is 0 Å². The van der Waals surface area contributed by atoms with E-state index < -0.39 is 0 Å². The molecule has 1 aliphatic rings. The number of hydrogen-bond acceptors (Lipinski definition) is 6. The van der Waals surface area contributed by atoms with Crippen molar-refractivity contribution in [2.24, 2.45) is 5.92 Å². The van der Waals surface area contributed by atoms with E-state index in [0.29, 0.717) is 12.3 Å². The first-order valence-corrected chi connectivity index (χ1v) is 11.6. The van der Waals surface area contributed by atoms with Crippen molar-refractivity contribution in [3.05, 3.63) is 79.1 Å². The number of nitrogens with zero attached hydrogens (tertiary/aromatic N) is 5. The van der Waals surface area contributed by atoms with Crippen LogP contribution in [-0.2, 0) is 4.79 Å². The molecule has 5 rings (SSSR count). The zero-order chi connectivity index (χ0) is 23.5. The summed E-state index contributed by atoms with van der Waals surface area (Å²) in [5, 5.41) is 5.11. The molecule has 0 N–H and O–H groups in total. The Morgan fingerprint density at radius 1 is 1.12 bits per heavy atom. The quantitative estimate of drug-likeness (QED) is 0.381. The van der Waals surface area contributed by atoms with Crippen molar-refractivity contribution < 1.29 is 9.32 Å². The molecule has 34 heavy (non-hydrogen) atoms. The highest BCUT2D eigenvalue weighted by Gasteiger charge is 2.31. The number of hydrogen-bond donors (Lipinski definition) is 0. The molecule has 0 aliphatic carbocycles. The van der Waals surface area contributed by atoms with Gasteiger partial charge < -0.3 is 14.3 Å². The summed E-state index contributed by atoms with van der Waals surface area (Å²) in [4.78, 5) is 26.3. The summed E-state index contributed by atoms with van der Waals surface area (Å²) in [6, 6.07) is 18.0. The van der Waals surface area contributed by atoms with Crippen molar-refractivity contribution in [3.8, 4) is 11.3 Å². The molecule has 3 heterocycles. The van der Waals surface area contributed by atoms with Gasteiger partial charge in [0.05, 0.1) is 0 Å². The van der Waals surface area contributed by atoms with Gasteiger partial charge in [0.2, 0.25) is 5.91 Å². The molecule has 1 aliphatic heterocycles. The van der Waals surface area contributed by atoms with E-state index in [-0.39, 0.29) is 11.8 Å². The number of fused-ring (bicyclic) bond motifs is 1. The molecule has 4 aromatic rings. The molecule has 7 heteroatoms. The second-order valence-corrected chi connectivity index (χ2v) is 8.61. The molecule has 7 nitrogen and oxygen atoms in total. The predicted octanol–water partition coefficient (Wildman–Crippen LogP) is 5.03. The Morgan fingerprint density at radius 2 is 1.85 bits per heavy atom. The molecule has 0 unspecified atom stereocenters. The molecule has 172 valence electrons. The van der Waals surface area contributed by atoms with E-state index in [9.17, 15) is 4.79 Å². The van der Waals surface area contributed by atoms with Crippen LogP contribution in [0.4, 0.5) is 11.5 Å². The molecule has 0 radical (unpaired) electrons. The Hall–Kier alpha value is -4.00. The highest BCUT2D eigenvalue weighted by Crippen LogP contribution is 2.35. The van der Waals surface area contributed by atoms with Crippen LogP contribution in [-0.4, -0.2) is 40.7 Å². The lowest BCUT2D eigenvalue weighted by molar-refractivity contribution is -0.122. The molecule has 1 amide bonds.